The van der Waals surface area contributed by atoms with Gasteiger partial charge in [0.2, 0.25) is 5.91 Å². The molecule has 2 aromatic rings. The molecule has 0 fully saturated rings. The highest BCUT2D eigenvalue weighted by Gasteiger charge is 2.32. The topological polar surface area (TPSA) is 94.5 Å². The smallest absolute Gasteiger partial charge is 0.263 e. The van der Waals surface area contributed by atoms with Gasteiger partial charge in [0.25, 0.3) is 5.91 Å². The summed E-state index contributed by atoms with van der Waals surface area (Å²) in [4.78, 5) is 27.2. The van der Waals surface area contributed by atoms with E-state index in [9.17, 15) is 9.59 Å². The Hall–Kier alpha value is -3.05. The minimum Gasteiger partial charge on any atom is -0.477 e. The second-order valence-electron chi connectivity index (χ2n) is 6.80. The van der Waals surface area contributed by atoms with Crippen LogP contribution >= 0.6 is 11.3 Å². The van der Waals surface area contributed by atoms with Crippen LogP contribution in [0.5, 0.6) is 5.75 Å². The quantitative estimate of drug-likeness (QED) is 0.729. The number of fused-ring (bicyclic) bond motifs is 1. The summed E-state index contributed by atoms with van der Waals surface area (Å²) < 4.78 is 5.91. The van der Waals surface area contributed by atoms with Gasteiger partial charge in [-0.2, -0.15) is 5.26 Å². The zero-order chi connectivity index (χ0) is 20.8. The first kappa shape index (κ1) is 20.7. The molecule has 1 aromatic heterocycles. The maximum Gasteiger partial charge on any atom is 0.263 e. The van der Waals surface area contributed by atoms with E-state index in [4.69, 9.17) is 10.00 Å². The predicted molar refractivity (Wildman–Crippen MR) is 113 cm³/mol. The second kappa shape index (κ2) is 9.43. The van der Waals surface area contributed by atoms with Crippen LogP contribution in [0.15, 0.2) is 35.7 Å². The lowest BCUT2D eigenvalue weighted by Crippen LogP contribution is -2.52. The molecule has 0 aliphatic carbocycles. The maximum absolute atomic E-state index is 12.7. The van der Waals surface area contributed by atoms with Crippen LogP contribution < -0.4 is 20.3 Å². The lowest BCUT2D eigenvalue weighted by atomic mass is 10.1. The number of para-hydroxylation sites is 2. The number of thiophene rings is 1. The number of nitriles is 1. The number of hydrogen-bond donors (Lipinski definition) is 2. The molecule has 1 aliphatic heterocycles. The average molecular weight is 413 g/mol. The van der Waals surface area contributed by atoms with Gasteiger partial charge in [0.15, 0.2) is 6.10 Å². The second-order valence-corrected chi connectivity index (χ2v) is 7.72. The zero-order valence-electron chi connectivity index (χ0n) is 16.5. The monoisotopic (exact) mass is 412 g/mol. The Morgan fingerprint density at radius 2 is 2.07 bits per heavy atom. The van der Waals surface area contributed by atoms with Gasteiger partial charge in [-0.05, 0) is 36.4 Å². The minimum absolute atomic E-state index is 0.0535. The molecule has 2 heterocycles. The van der Waals surface area contributed by atoms with E-state index in [1.807, 2.05) is 36.9 Å². The van der Waals surface area contributed by atoms with E-state index in [1.54, 1.807) is 17.5 Å². The van der Waals surface area contributed by atoms with E-state index in [0.717, 1.165) is 18.5 Å². The first-order valence-corrected chi connectivity index (χ1v) is 10.5. The molecule has 2 amide bonds. The first-order chi connectivity index (χ1) is 14.0. The molecule has 3 rings (SSSR count). The molecule has 1 atom stereocenters. The summed E-state index contributed by atoms with van der Waals surface area (Å²) in [5, 5.41) is 17.2. The third-order valence-electron chi connectivity index (χ3n) is 4.86. The Morgan fingerprint density at radius 1 is 1.31 bits per heavy atom. The highest BCUT2D eigenvalue weighted by atomic mass is 32.1. The van der Waals surface area contributed by atoms with Gasteiger partial charge in [-0.3, -0.25) is 9.59 Å². The van der Waals surface area contributed by atoms with Crippen molar-refractivity contribution in [3.05, 3.63) is 41.3 Å². The fourth-order valence-electron chi connectivity index (χ4n) is 3.21. The van der Waals surface area contributed by atoms with Crippen molar-refractivity contribution in [3.8, 4) is 11.8 Å². The summed E-state index contributed by atoms with van der Waals surface area (Å²) in [5.74, 6) is 0.147. The van der Waals surface area contributed by atoms with Crippen LogP contribution in [-0.4, -0.2) is 37.0 Å². The number of nitrogens with zero attached hydrogens (tertiary/aromatic N) is 2. The normalized spacial score (nSPS) is 15.2. The number of anilines is 2. The summed E-state index contributed by atoms with van der Waals surface area (Å²) in [6, 6.07) is 11.2. The zero-order valence-corrected chi connectivity index (χ0v) is 17.3. The molecule has 152 valence electrons. The Morgan fingerprint density at radius 3 is 2.79 bits per heavy atom. The van der Waals surface area contributed by atoms with Crippen LogP contribution in [0.4, 0.5) is 10.7 Å². The fourth-order valence-corrected chi connectivity index (χ4v) is 3.97. The van der Waals surface area contributed by atoms with Crippen molar-refractivity contribution in [2.45, 2.75) is 38.8 Å². The minimum atomic E-state index is -0.699. The average Bonchev–Trinajstić information content (AvgIpc) is 3.18. The van der Waals surface area contributed by atoms with E-state index >= 15 is 0 Å². The van der Waals surface area contributed by atoms with E-state index < -0.39 is 6.10 Å². The molecular weight excluding hydrogens is 388 g/mol. The van der Waals surface area contributed by atoms with Gasteiger partial charge >= 0.3 is 0 Å². The number of carbonyl (C=O) groups excluding carboxylic acids is 2. The van der Waals surface area contributed by atoms with Crippen LogP contribution in [-0.2, 0) is 9.59 Å². The summed E-state index contributed by atoms with van der Waals surface area (Å²) >= 11 is 1.31. The van der Waals surface area contributed by atoms with Gasteiger partial charge in [0, 0.05) is 6.04 Å². The molecule has 1 aromatic carbocycles. The maximum atomic E-state index is 12.7. The van der Waals surface area contributed by atoms with Crippen molar-refractivity contribution in [2.24, 2.45) is 0 Å². The molecule has 0 saturated heterocycles. The standard InChI is InChI=1S/C21H24N4O3S/c1-3-15(4-2)23-20(27)18-12-25(16-7-5-6-8-17(16)28-18)13-19(26)24-21-14(11-22)9-10-29-21/h5-10,15,18H,3-4,12-13H2,1-2H3,(H,23,27)(H,24,26). The molecule has 0 bridgehead atoms. The predicted octanol–water partition coefficient (Wildman–Crippen LogP) is 3.13. The van der Waals surface area contributed by atoms with Crippen molar-refractivity contribution in [1.82, 2.24) is 5.32 Å². The summed E-state index contributed by atoms with van der Waals surface area (Å²) in [5.41, 5.74) is 1.20. The molecular formula is C21H24N4O3S. The number of ether oxygens (including phenoxy) is 1. The lowest BCUT2D eigenvalue weighted by molar-refractivity contribution is -0.129. The number of nitrogens with one attached hydrogen (secondary N) is 2. The van der Waals surface area contributed by atoms with Gasteiger partial charge in [-0.25, -0.2) is 0 Å². The van der Waals surface area contributed by atoms with Crippen LogP contribution in [0.1, 0.15) is 32.3 Å². The number of hydrogen-bond acceptors (Lipinski definition) is 6. The van der Waals surface area contributed by atoms with Gasteiger partial charge in [-0.15, -0.1) is 11.3 Å². The third kappa shape index (κ3) is 4.87. The van der Waals surface area contributed by atoms with Crippen molar-refractivity contribution >= 4 is 33.8 Å². The first-order valence-electron chi connectivity index (χ1n) is 9.64. The number of benzene rings is 1. The molecule has 1 aliphatic rings. The molecule has 1 unspecified atom stereocenters. The van der Waals surface area contributed by atoms with Crippen LogP contribution in [0.25, 0.3) is 0 Å². The van der Waals surface area contributed by atoms with Crippen LogP contribution in [0, 0.1) is 11.3 Å². The summed E-state index contributed by atoms with van der Waals surface area (Å²) in [7, 11) is 0. The Labute approximate surface area is 174 Å². The van der Waals surface area contributed by atoms with E-state index in [-0.39, 0.29) is 30.9 Å². The highest BCUT2D eigenvalue weighted by molar-refractivity contribution is 7.14. The summed E-state index contributed by atoms with van der Waals surface area (Å²) in [6.07, 6.45) is 0.995. The van der Waals surface area contributed by atoms with Crippen molar-refractivity contribution in [2.75, 3.05) is 23.3 Å². The van der Waals surface area contributed by atoms with E-state index in [0.29, 0.717) is 16.3 Å². The number of carbonyl (C=O) groups is 2. The van der Waals surface area contributed by atoms with Gasteiger partial charge in [-0.1, -0.05) is 26.0 Å². The molecule has 0 spiro atoms. The van der Waals surface area contributed by atoms with Gasteiger partial charge in [0.05, 0.1) is 24.3 Å². The lowest BCUT2D eigenvalue weighted by Gasteiger charge is -2.35. The fraction of sp³-hybridized carbons (Fsp3) is 0.381. The molecule has 29 heavy (non-hydrogen) atoms. The van der Waals surface area contributed by atoms with Crippen LogP contribution in [0.3, 0.4) is 0 Å². The molecule has 8 heteroatoms. The largest absolute Gasteiger partial charge is 0.477 e. The Bertz CT molecular complexity index is 917. The highest BCUT2D eigenvalue weighted by Crippen LogP contribution is 2.33. The molecule has 0 radical (unpaired) electrons. The Kier molecular flexibility index (Phi) is 6.73. The van der Waals surface area contributed by atoms with Gasteiger partial charge < -0.3 is 20.3 Å². The SMILES string of the molecule is CCC(CC)NC(=O)C1CN(CC(=O)Nc2sccc2C#N)c2ccccc2O1. The van der Waals surface area contributed by atoms with Gasteiger partial charge in [0.1, 0.15) is 16.8 Å². The van der Waals surface area contributed by atoms with Crippen molar-refractivity contribution < 1.29 is 14.3 Å². The van der Waals surface area contributed by atoms with E-state index in [2.05, 4.69) is 16.7 Å². The Balaban J connectivity index is 1.73. The summed E-state index contributed by atoms with van der Waals surface area (Å²) in [6.45, 7) is 4.38. The van der Waals surface area contributed by atoms with Crippen LogP contribution in [0.2, 0.25) is 0 Å². The number of amides is 2. The van der Waals surface area contributed by atoms with Crippen molar-refractivity contribution in [1.29, 1.82) is 5.26 Å². The molecule has 7 nitrogen and oxygen atoms in total. The molecule has 2 N–H and O–H groups in total. The third-order valence-corrected chi connectivity index (χ3v) is 5.69. The van der Waals surface area contributed by atoms with Crippen molar-refractivity contribution in [3.63, 3.8) is 0 Å². The molecule has 0 saturated carbocycles. The number of rotatable bonds is 7. The van der Waals surface area contributed by atoms with E-state index in [1.165, 1.54) is 11.3 Å².